The number of aliphatic hydroxyl groups is 7. The SMILES string of the molecule is C[C@H]1O[C@@H](O[C@H]2CC[C@@]3(C)[C@H](CC[C@@H]4[C@@H]3[C@H](O)C[C@]3(C)[C@@H](C5=CC(=O)OC5)CC[C@]43O)C2)C[C@H](O)[C@@H]1O[C@@H]1O[C@H](CO)[C@@H](O)[C@H](O)[C@H]1O. The number of fused-ring (bicyclic) bond motifs is 5. The molecule has 0 aromatic carbocycles. The Hall–Kier alpha value is -1.23. The van der Waals surface area contributed by atoms with Crippen LogP contribution in [0.25, 0.3) is 0 Å². The molecule has 0 aromatic rings. The largest absolute Gasteiger partial charge is 0.458 e. The van der Waals surface area contributed by atoms with E-state index >= 15 is 0 Å². The number of esters is 1. The lowest BCUT2D eigenvalue weighted by atomic mass is 9.42. The quantitative estimate of drug-likeness (QED) is 0.149. The Kier molecular flexibility index (Phi) is 9.36. The normalized spacial score (nSPS) is 55.3. The minimum atomic E-state index is -1.59. The summed E-state index contributed by atoms with van der Waals surface area (Å²) in [4.78, 5) is 11.9. The van der Waals surface area contributed by atoms with Crippen LogP contribution < -0.4 is 0 Å². The van der Waals surface area contributed by atoms with Crippen LogP contribution in [0.1, 0.15) is 78.6 Å². The van der Waals surface area contributed by atoms with Crippen LogP contribution in [0.4, 0.5) is 0 Å². The Balaban J connectivity index is 0.977. The minimum absolute atomic E-state index is 0.00894. The lowest BCUT2D eigenvalue weighted by Crippen LogP contribution is -2.66. The van der Waals surface area contributed by atoms with E-state index in [4.69, 9.17) is 23.7 Å². The van der Waals surface area contributed by atoms with Gasteiger partial charge in [-0.25, -0.2) is 4.79 Å². The summed E-state index contributed by atoms with van der Waals surface area (Å²) in [6, 6.07) is 0. The first-order valence-corrected chi connectivity index (χ1v) is 17.9. The summed E-state index contributed by atoms with van der Waals surface area (Å²) in [7, 11) is 0. The molecule has 3 aliphatic heterocycles. The van der Waals surface area contributed by atoms with E-state index in [1.54, 1.807) is 13.0 Å². The molecule has 18 atom stereocenters. The van der Waals surface area contributed by atoms with Crippen molar-refractivity contribution in [1.29, 1.82) is 0 Å². The fraction of sp³-hybridized carbons (Fsp3) is 0.914. The molecule has 7 aliphatic rings. The van der Waals surface area contributed by atoms with Crippen molar-refractivity contribution in [2.24, 2.45) is 34.5 Å². The maximum absolute atomic E-state index is 12.5. The highest BCUT2D eigenvalue weighted by Gasteiger charge is 2.70. The van der Waals surface area contributed by atoms with Gasteiger partial charge in [0.05, 0.1) is 36.6 Å². The van der Waals surface area contributed by atoms with Crippen molar-refractivity contribution in [3.8, 4) is 0 Å². The number of carbonyl (C=O) groups is 1. The van der Waals surface area contributed by atoms with Crippen molar-refractivity contribution in [3.05, 3.63) is 11.6 Å². The van der Waals surface area contributed by atoms with E-state index in [2.05, 4.69) is 13.8 Å². The Morgan fingerprint density at radius 2 is 1.69 bits per heavy atom. The van der Waals surface area contributed by atoms with Crippen molar-refractivity contribution in [3.63, 3.8) is 0 Å². The maximum atomic E-state index is 12.5. The molecule has 3 heterocycles. The van der Waals surface area contributed by atoms with E-state index in [0.717, 1.165) is 44.1 Å². The first kappa shape index (κ1) is 35.2. The molecule has 13 nitrogen and oxygen atoms in total. The van der Waals surface area contributed by atoms with Gasteiger partial charge in [-0.05, 0) is 93.0 Å². The molecule has 0 radical (unpaired) electrons. The molecule has 4 aliphatic carbocycles. The lowest BCUT2D eigenvalue weighted by molar-refractivity contribution is -0.344. The molecule has 0 amide bonds. The number of hydrogen-bond acceptors (Lipinski definition) is 13. The van der Waals surface area contributed by atoms with Gasteiger partial charge in [0.15, 0.2) is 12.6 Å². The number of carbonyl (C=O) groups excluding carboxylic acids is 1. The molecule has 0 spiro atoms. The summed E-state index contributed by atoms with van der Waals surface area (Å²) in [6.07, 6.45) is -3.41. The predicted molar refractivity (Wildman–Crippen MR) is 166 cm³/mol. The first-order valence-electron chi connectivity index (χ1n) is 17.9. The fourth-order valence-electron chi connectivity index (χ4n) is 11.5. The number of ether oxygens (including phenoxy) is 5. The second-order valence-electron chi connectivity index (χ2n) is 16.3. The van der Waals surface area contributed by atoms with Crippen molar-refractivity contribution in [1.82, 2.24) is 0 Å². The molecule has 0 unspecified atom stereocenters. The zero-order valence-electron chi connectivity index (χ0n) is 28.1. The van der Waals surface area contributed by atoms with Crippen LogP contribution in [-0.4, -0.2) is 128 Å². The Morgan fingerprint density at radius 1 is 0.917 bits per heavy atom. The molecule has 0 bridgehead atoms. The molecule has 13 heteroatoms. The van der Waals surface area contributed by atoms with Crippen LogP contribution in [0, 0.1) is 34.5 Å². The number of hydrogen-bond donors (Lipinski definition) is 7. The number of aliphatic hydroxyl groups excluding tert-OH is 6. The minimum Gasteiger partial charge on any atom is -0.458 e. The molecule has 0 aromatic heterocycles. The predicted octanol–water partition coefficient (Wildman–Crippen LogP) is 0.280. The van der Waals surface area contributed by atoms with Crippen LogP contribution in [0.15, 0.2) is 11.6 Å². The van der Waals surface area contributed by atoms with E-state index in [-0.39, 0.29) is 54.2 Å². The van der Waals surface area contributed by atoms with Gasteiger partial charge in [0.25, 0.3) is 0 Å². The van der Waals surface area contributed by atoms with Gasteiger partial charge >= 0.3 is 5.97 Å². The van der Waals surface area contributed by atoms with E-state index in [1.165, 1.54) is 0 Å². The molecule has 48 heavy (non-hydrogen) atoms. The summed E-state index contributed by atoms with van der Waals surface area (Å²) >= 11 is 0. The van der Waals surface area contributed by atoms with Gasteiger partial charge in [0.2, 0.25) is 0 Å². The second kappa shape index (κ2) is 12.8. The lowest BCUT2D eigenvalue weighted by Gasteiger charge is -2.65. The standard InChI is InChI=1S/C35H54O13/c1-16-31(48-32-30(42)29(41)28(40)24(14-36)47-32)22(37)12-26(45-16)46-19-6-8-33(2)18(11-19)4-5-21-27(33)23(38)13-34(3)20(7-9-35(21,34)43)17-10-25(39)44-15-17/h10,16,18-24,26-32,36-38,40-43H,4-9,11-15H2,1-3H3/t16-,18-,19+,20-,21-,22+,23-,24-,26+,27-,28-,29+,30-,31-,32+,33+,34-,35+/m1/s1. The third kappa shape index (κ3) is 5.51. The molecular weight excluding hydrogens is 628 g/mol. The van der Waals surface area contributed by atoms with Crippen LogP contribution in [0.2, 0.25) is 0 Å². The molecule has 7 N–H and O–H groups in total. The Bertz CT molecular complexity index is 1230. The zero-order chi connectivity index (χ0) is 34.3. The molecule has 4 saturated carbocycles. The van der Waals surface area contributed by atoms with Gasteiger partial charge in [0, 0.05) is 17.9 Å². The number of cyclic esters (lactones) is 1. The van der Waals surface area contributed by atoms with Gasteiger partial charge in [0.1, 0.15) is 37.1 Å². The van der Waals surface area contributed by atoms with Crippen LogP contribution in [0.3, 0.4) is 0 Å². The van der Waals surface area contributed by atoms with Crippen LogP contribution in [-0.2, 0) is 28.5 Å². The zero-order valence-corrected chi connectivity index (χ0v) is 28.1. The van der Waals surface area contributed by atoms with Crippen molar-refractivity contribution in [2.45, 2.75) is 152 Å². The topological polar surface area (TPSA) is 205 Å². The summed E-state index contributed by atoms with van der Waals surface area (Å²) in [6.45, 7) is 5.79. The summed E-state index contributed by atoms with van der Waals surface area (Å²) in [5, 5.41) is 75.5. The summed E-state index contributed by atoms with van der Waals surface area (Å²) < 4.78 is 29.1. The van der Waals surface area contributed by atoms with Crippen molar-refractivity contribution >= 4 is 5.97 Å². The fourth-order valence-corrected chi connectivity index (χ4v) is 11.5. The number of rotatable bonds is 6. The molecule has 6 fully saturated rings. The van der Waals surface area contributed by atoms with Crippen molar-refractivity contribution in [2.75, 3.05) is 13.2 Å². The van der Waals surface area contributed by atoms with E-state index in [1.807, 2.05) is 0 Å². The second-order valence-corrected chi connectivity index (χ2v) is 16.3. The van der Waals surface area contributed by atoms with E-state index in [0.29, 0.717) is 12.8 Å². The molecular formula is C35H54O13. The van der Waals surface area contributed by atoms with Gasteiger partial charge < -0.3 is 59.4 Å². The highest BCUT2D eigenvalue weighted by atomic mass is 16.7. The molecule has 272 valence electrons. The third-order valence-corrected chi connectivity index (χ3v) is 14.0. The monoisotopic (exact) mass is 682 g/mol. The van der Waals surface area contributed by atoms with E-state index < -0.39 is 79.0 Å². The summed E-state index contributed by atoms with van der Waals surface area (Å²) in [5.41, 5.74) is -0.686. The van der Waals surface area contributed by atoms with Gasteiger partial charge in [-0.3, -0.25) is 0 Å². The smallest absolute Gasteiger partial charge is 0.331 e. The molecule has 2 saturated heterocycles. The summed E-state index contributed by atoms with van der Waals surface area (Å²) in [5.74, 6) is -0.109. The third-order valence-electron chi connectivity index (χ3n) is 14.0. The van der Waals surface area contributed by atoms with Crippen LogP contribution >= 0.6 is 0 Å². The van der Waals surface area contributed by atoms with Gasteiger partial charge in [-0.15, -0.1) is 0 Å². The van der Waals surface area contributed by atoms with Crippen LogP contribution in [0.5, 0.6) is 0 Å². The van der Waals surface area contributed by atoms with Gasteiger partial charge in [-0.1, -0.05) is 13.8 Å². The highest BCUT2D eigenvalue weighted by Crippen LogP contribution is 2.70. The first-order chi connectivity index (χ1) is 22.7. The Morgan fingerprint density at radius 3 is 2.38 bits per heavy atom. The van der Waals surface area contributed by atoms with Crippen molar-refractivity contribution < 1.29 is 64.2 Å². The Labute approximate surface area is 281 Å². The average Bonchev–Trinajstić information content (AvgIpc) is 3.58. The van der Waals surface area contributed by atoms with E-state index in [9.17, 15) is 40.5 Å². The average molecular weight is 683 g/mol. The molecule has 7 rings (SSSR count). The highest BCUT2D eigenvalue weighted by molar-refractivity contribution is 5.85. The van der Waals surface area contributed by atoms with Gasteiger partial charge in [-0.2, -0.15) is 0 Å². The maximum Gasteiger partial charge on any atom is 0.331 e.